The number of anilines is 1. The number of amides is 2. The third kappa shape index (κ3) is 3.53. The van der Waals surface area contributed by atoms with Gasteiger partial charge in [-0.1, -0.05) is 36.0 Å². The van der Waals surface area contributed by atoms with Crippen LogP contribution in [0, 0.1) is 0 Å². The van der Waals surface area contributed by atoms with Crippen molar-refractivity contribution < 1.29 is 4.79 Å². The summed E-state index contributed by atoms with van der Waals surface area (Å²) in [5, 5.41) is 12.4. The maximum absolute atomic E-state index is 12.8. The Morgan fingerprint density at radius 3 is 2.54 bits per heavy atom. The van der Waals surface area contributed by atoms with E-state index in [4.69, 9.17) is 23.2 Å². The lowest BCUT2D eigenvalue weighted by Crippen LogP contribution is -2.35. The van der Waals surface area contributed by atoms with Crippen molar-refractivity contribution in [3.05, 3.63) is 40.4 Å². The van der Waals surface area contributed by atoms with Gasteiger partial charge in [0.25, 0.3) is 0 Å². The van der Waals surface area contributed by atoms with Crippen LogP contribution in [-0.4, -0.2) is 32.2 Å². The van der Waals surface area contributed by atoms with Crippen LogP contribution in [0.15, 0.2) is 24.5 Å². The first kappa shape index (κ1) is 17.6. The molecule has 2 heterocycles. The highest BCUT2D eigenvalue weighted by Crippen LogP contribution is 2.36. The molecule has 138 valence electrons. The maximum atomic E-state index is 12.8. The average Bonchev–Trinajstić information content (AvgIpc) is 3.33. The van der Waals surface area contributed by atoms with E-state index in [2.05, 4.69) is 20.1 Å². The number of carbonyl (C=O) groups is 1. The van der Waals surface area contributed by atoms with E-state index in [-0.39, 0.29) is 12.1 Å². The molecule has 8 heteroatoms. The van der Waals surface area contributed by atoms with Crippen LogP contribution in [0.5, 0.6) is 0 Å². The molecule has 1 N–H and O–H groups in total. The standard InChI is InChI=1S/C18H21Cl2N5O/c19-12-8-13(20)10-14(9-12)22-18(26)24-7-3-6-16(24)17-23-21-11-25(17)15-4-1-2-5-15/h8-11,15-16H,1-7H2,(H,22,26). The molecule has 4 rings (SSSR count). The van der Waals surface area contributed by atoms with Crippen LogP contribution in [0.25, 0.3) is 0 Å². The van der Waals surface area contributed by atoms with Crippen LogP contribution in [-0.2, 0) is 0 Å². The molecule has 1 aromatic carbocycles. The van der Waals surface area contributed by atoms with Gasteiger partial charge >= 0.3 is 6.03 Å². The van der Waals surface area contributed by atoms with Gasteiger partial charge in [0.05, 0.1) is 6.04 Å². The Hall–Kier alpha value is -1.79. The van der Waals surface area contributed by atoms with Crippen LogP contribution in [0.1, 0.15) is 56.4 Å². The van der Waals surface area contributed by atoms with E-state index in [1.165, 1.54) is 12.8 Å². The van der Waals surface area contributed by atoms with Gasteiger partial charge in [-0.05, 0) is 43.9 Å². The largest absolute Gasteiger partial charge is 0.322 e. The molecule has 2 fully saturated rings. The predicted molar refractivity (Wildman–Crippen MR) is 102 cm³/mol. The summed E-state index contributed by atoms with van der Waals surface area (Å²) < 4.78 is 2.18. The molecule has 1 unspecified atom stereocenters. The number of halogens is 2. The molecule has 2 amide bonds. The van der Waals surface area contributed by atoms with Gasteiger partial charge in [-0.25, -0.2) is 4.79 Å². The molecule has 0 bridgehead atoms. The lowest BCUT2D eigenvalue weighted by Gasteiger charge is -2.26. The van der Waals surface area contributed by atoms with Gasteiger partial charge in [0.1, 0.15) is 6.33 Å². The Morgan fingerprint density at radius 1 is 1.08 bits per heavy atom. The second-order valence-corrected chi connectivity index (χ2v) is 7.85. The van der Waals surface area contributed by atoms with Crippen molar-refractivity contribution in [1.82, 2.24) is 19.7 Å². The summed E-state index contributed by atoms with van der Waals surface area (Å²) in [7, 11) is 0. The van der Waals surface area contributed by atoms with Crippen molar-refractivity contribution in [2.24, 2.45) is 0 Å². The fourth-order valence-electron chi connectivity index (χ4n) is 4.05. The molecule has 2 aromatic rings. The quantitative estimate of drug-likeness (QED) is 0.791. The number of carbonyl (C=O) groups excluding carboxylic acids is 1. The third-order valence-corrected chi connectivity index (χ3v) is 5.68. The SMILES string of the molecule is O=C(Nc1cc(Cl)cc(Cl)c1)N1CCCC1c1nncn1C1CCCC1. The lowest BCUT2D eigenvalue weighted by atomic mass is 10.2. The molecular formula is C18H21Cl2N5O. The van der Waals surface area contributed by atoms with E-state index >= 15 is 0 Å². The highest BCUT2D eigenvalue weighted by Gasteiger charge is 2.35. The first-order chi connectivity index (χ1) is 12.6. The zero-order valence-corrected chi connectivity index (χ0v) is 15.9. The number of aromatic nitrogens is 3. The van der Waals surface area contributed by atoms with Crippen molar-refractivity contribution in [2.45, 2.75) is 50.6 Å². The van der Waals surface area contributed by atoms with E-state index < -0.39 is 0 Å². The van der Waals surface area contributed by atoms with Crippen molar-refractivity contribution in [1.29, 1.82) is 0 Å². The number of nitrogens with zero attached hydrogens (tertiary/aromatic N) is 4. The Bertz CT molecular complexity index is 782. The monoisotopic (exact) mass is 393 g/mol. The zero-order chi connectivity index (χ0) is 18.1. The summed E-state index contributed by atoms with van der Waals surface area (Å²) in [5.74, 6) is 0.897. The van der Waals surface area contributed by atoms with Crippen molar-refractivity contribution in [3.63, 3.8) is 0 Å². The molecule has 1 aliphatic heterocycles. The number of benzene rings is 1. The molecule has 0 radical (unpaired) electrons. The average molecular weight is 394 g/mol. The van der Waals surface area contributed by atoms with E-state index in [0.717, 1.165) is 31.5 Å². The Balaban J connectivity index is 1.53. The number of hydrogen-bond donors (Lipinski definition) is 1. The summed E-state index contributed by atoms with van der Waals surface area (Å²) in [5.41, 5.74) is 0.593. The van der Waals surface area contributed by atoms with Gasteiger partial charge in [-0.15, -0.1) is 10.2 Å². The molecule has 2 aliphatic rings. The Labute approximate surface area is 162 Å². The lowest BCUT2D eigenvalue weighted by molar-refractivity contribution is 0.203. The first-order valence-electron chi connectivity index (χ1n) is 9.05. The normalized spacial score (nSPS) is 20.7. The van der Waals surface area contributed by atoms with E-state index in [9.17, 15) is 4.79 Å². The topological polar surface area (TPSA) is 63.1 Å². The number of likely N-dealkylation sites (tertiary alicyclic amines) is 1. The molecule has 26 heavy (non-hydrogen) atoms. The van der Waals surface area contributed by atoms with Crippen molar-refractivity contribution in [2.75, 3.05) is 11.9 Å². The van der Waals surface area contributed by atoms with Crippen molar-refractivity contribution in [3.8, 4) is 0 Å². The Kier molecular flexibility index (Phi) is 5.05. The van der Waals surface area contributed by atoms with Crippen LogP contribution in [0.4, 0.5) is 10.5 Å². The number of rotatable bonds is 3. The highest BCUT2D eigenvalue weighted by atomic mass is 35.5. The fourth-order valence-corrected chi connectivity index (χ4v) is 4.58. The third-order valence-electron chi connectivity index (χ3n) is 5.24. The van der Waals surface area contributed by atoms with Gasteiger partial charge < -0.3 is 14.8 Å². The molecule has 1 aromatic heterocycles. The summed E-state index contributed by atoms with van der Waals surface area (Å²) >= 11 is 12.1. The summed E-state index contributed by atoms with van der Waals surface area (Å²) in [6.45, 7) is 0.697. The zero-order valence-electron chi connectivity index (χ0n) is 14.4. The molecule has 6 nitrogen and oxygen atoms in total. The second kappa shape index (κ2) is 7.45. The number of nitrogens with one attached hydrogen (secondary N) is 1. The minimum absolute atomic E-state index is 0.0484. The van der Waals surface area contributed by atoms with Gasteiger partial charge in [0.15, 0.2) is 5.82 Å². The van der Waals surface area contributed by atoms with Crippen LogP contribution in [0.3, 0.4) is 0 Å². The summed E-state index contributed by atoms with van der Waals surface area (Å²) in [4.78, 5) is 14.7. The minimum Gasteiger partial charge on any atom is -0.314 e. The Morgan fingerprint density at radius 2 is 1.81 bits per heavy atom. The fraction of sp³-hybridized carbons (Fsp3) is 0.500. The van der Waals surface area contributed by atoms with Gasteiger partial charge in [0, 0.05) is 28.3 Å². The van der Waals surface area contributed by atoms with Gasteiger partial charge in [-0.2, -0.15) is 0 Å². The van der Waals surface area contributed by atoms with Gasteiger partial charge in [0.2, 0.25) is 0 Å². The minimum atomic E-state index is -0.160. The first-order valence-corrected chi connectivity index (χ1v) is 9.80. The maximum Gasteiger partial charge on any atom is 0.322 e. The van der Waals surface area contributed by atoms with Crippen LogP contribution < -0.4 is 5.32 Å². The molecule has 1 atom stereocenters. The molecule has 0 spiro atoms. The van der Waals surface area contributed by atoms with Crippen LogP contribution >= 0.6 is 23.2 Å². The van der Waals surface area contributed by atoms with Crippen LogP contribution in [0.2, 0.25) is 10.0 Å². The molecule has 1 aliphatic carbocycles. The molecular weight excluding hydrogens is 373 g/mol. The summed E-state index contributed by atoms with van der Waals surface area (Å²) in [6.07, 6.45) is 8.47. The number of urea groups is 1. The van der Waals surface area contributed by atoms with Crippen molar-refractivity contribution >= 4 is 34.9 Å². The predicted octanol–water partition coefficient (Wildman–Crippen LogP) is 5.07. The van der Waals surface area contributed by atoms with E-state index in [0.29, 0.717) is 28.3 Å². The van der Waals surface area contributed by atoms with Gasteiger partial charge in [-0.3, -0.25) is 0 Å². The smallest absolute Gasteiger partial charge is 0.314 e. The molecule has 1 saturated heterocycles. The van der Waals surface area contributed by atoms with E-state index in [1.807, 2.05) is 11.2 Å². The molecule has 1 saturated carbocycles. The van der Waals surface area contributed by atoms with E-state index in [1.54, 1.807) is 18.2 Å². The second-order valence-electron chi connectivity index (χ2n) is 6.97. The number of hydrogen-bond acceptors (Lipinski definition) is 3. The summed E-state index contributed by atoms with van der Waals surface area (Å²) in [6, 6.07) is 5.27. The highest BCUT2D eigenvalue weighted by molar-refractivity contribution is 6.35.